The summed E-state index contributed by atoms with van der Waals surface area (Å²) in [6.45, 7) is 5.40. The van der Waals surface area contributed by atoms with Gasteiger partial charge in [-0.05, 0) is 44.5 Å². The maximum Gasteiger partial charge on any atom is 0.269 e. The Morgan fingerprint density at radius 1 is 1.33 bits per heavy atom. The molecule has 0 aliphatic carbocycles. The van der Waals surface area contributed by atoms with E-state index in [1.165, 1.54) is 0 Å². The second-order valence-corrected chi connectivity index (χ2v) is 5.93. The Kier molecular flexibility index (Phi) is 4.50. The first-order chi connectivity index (χ1) is 11.5. The number of nitrogens with zero attached hydrogens (tertiary/aromatic N) is 4. The van der Waals surface area contributed by atoms with E-state index in [0.717, 1.165) is 35.7 Å². The second kappa shape index (κ2) is 6.74. The van der Waals surface area contributed by atoms with Gasteiger partial charge in [-0.25, -0.2) is 0 Å². The molecule has 0 spiro atoms. The summed E-state index contributed by atoms with van der Waals surface area (Å²) in [5.74, 6) is -0.142. The summed E-state index contributed by atoms with van der Waals surface area (Å²) >= 11 is 0. The van der Waals surface area contributed by atoms with Crippen molar-refractivity contribution in [2.24, 2.45) is 7.05 Å². The average molecular weight is 326 g/mol. The van der Waals surface area contributed by atoms with Crippen molar-refractivity contribution in [1.29, 1.82) is 0 Å². The van der Waals surface area contributed by atoms with Gasteiger partial charge in [0.1, 0.15) is 11.4 Å². The summed E-state index contributed by atoms with van der Waals surface area (Å²) in [5, 5.41) is 14.3. The molecule has 1 amide bonds. The Morgan fingerprint density at radius 3 is 2.83 bits per heavy atom. The molecule has 3 rings (SSSR count). The van der Waals surface area contributed by atoms with Gasteiger partial charge in [-0.15, -0.1) is 0 Å². The van der Waals surface area contributed by atoms with Crippen molar-refractivity contribution in [3.05, 3.63) is 47.5 Å². The molecule has 0 unspecified atom stereocenters. The van der Waals surface area contributed by atoms with Gasteiger partial charge in [-0.3, -0.25) is 14.6 Å². The SMILES string of the molecule is Cc1cc(C)n(CCCNC(=O)c2cc(-c3cccn3C)n[nH]2)n1. The van der Waals surface area contributed by atoms with Crippen LogP contribution in [-0.2, 0) is 13.6 Å². The number of H-pyrrole nitrogens is 1. The molecule has 3 heterocycles. The molecule has 126 valence electrons. The lowest BCUT2D eigenvalue weighted by Gasteiger charge is -2.05. The highest BCUT2D eigenvalue weighted by Crippen LogP contribution is 2.17. The van der Waals surface area contributed by atoms with Crippen LogP contribution in [-0.4, -0.2) is 37.0 Å². The zero-order valence-corrected chi connectivity index (χ0v) is 14.2. The molecule has 0 saturated heterocycles. The van der Waals surface area contributed by atoms with Crippen molar-refractivity contribution in [2.45, 2.75) is 26.8 Å². The lowest BCUT2D eigenvalue weighted by Crippen LogP contribution is -2.25. The molecule has 24 heavy (non-hydrogen) atoms. The zero-order chi connectivity index (χ0) is 17.1. The smallest absolute Gasteiger partial charge is 0.269 e. The highest BCUT2D eigenvalue weighted by Gasteiger charge is 2.12. The Labute approximate surface area is 140 Å². The molecule has 0 aliphatic rings. The Bertz CT molecular complexity index is 841. The van der Waals surface area contributed by atoms with Gasteiger partial charge in [0.05, 0.1) is 11.4 Å². The number of rotatable bonds is 6. The molecule has 0 saturated carbocycles. The van der Waals surface area contributed by atoms with Crippen LogP contribution in [0.1, 0.15) is 28.3 Å². The van der Waals surface area contributed by atoms with Crippen LogP contribution in [0.4, 0.5) is 0 Å². The van der Waals surface area contributed by atoms with E-state index in [1.54, 1.807) is 6.07 Å². The molecule has 3 aromatic rings. The minimum atomic E-state index is -0.142. The molecule has 7 nitrogen and oxygen atoms in total. The number of amides is 1. The van der Waals surface area contributed by atoms with Gasteiger partial charge in [-0.1, -0.05) is 0 Å². The third-order valence-electron chi connectivity index (χ3n) is 3.96. The minimum absolute atomic E-state index is 0.142. The average Bonchev–Trinajstić information content (AvgIpc) is 3.24. The Balaban J connectivity index is 1.51. The van der Waals surface area contributed by atoms with E-state index in [2.05, 4.69) is 20.6 Å². The van der Waals surface area contributed by atoms with E-state index < -0.39 is 0 Å². The first kappa shape index (κ1) is 16.0. The third-order valence-corrected chi connectivity index (χ3v) is 3.96. The second-order valence-electron chi connectivity index (χ2n) is 5.93. The fraction of sp³-hybridized carbons (Fsp3) is 0.353. The number of aryl methyl sites for hydroxylation is 4. The predicted molar refractivity (Wildman–Crippen MR) is 91.6 cm³/mol. The first-order valence-corrected chi connectivity index (χ1v) is 8.01. The number of hydrogen-bond acceptors (Lipinski definition) is 3. The monoisotopic (exact) mass is 326 g/mol. The van der Waals surface area contributed by atoms with Gasteiger partial charge in [0, 0.05) is 32.0 Å². The molecule has 0 radical (unpaired) electrons. The standard InChI is InChI=1S/C17H22N6O/c1-12-10-13(2)23(21-12)9-5-7-18-17(24)15-11-14(19-20-15)16-6-4-8-22(16)3/h4,6,8,10-11H,5,7,9H2,1-3H3,(H,18,24)(H,19,20). The van der Waals surface area contributed by atoms with Crippen molar-refractivity contribution in [3.63, 3.8) is 0 Å². The number of nitrogens with one attached hydrogen (secondary N) is 2. The number of aromatic nitrogens is 5. The van der Waals surface area contributed by atoms with Crippen LogP contribution in [0.15, 0.2) is 30.5 Å². The van der Waals surface area contributed by atoms with Crippen LogP contribution < -0.4 is 5.32 Å². The summed E-state index contributed by atoms with van der Waals surface area (Å²) in [6.07, 6.45) is 2.77. The maximum absolute atomic E-state index is 12.2. The van der Waals surface area contributed by atoms with Gasteiger partial charge in [0.2, 0.25) is 0 Å². The maximum atomic E-state index is 12.2. The van der Waals surface area contributed by atoms with Crippen LogP contribution >= 0.6 is 0 Å². The van der Waals surface area contributed by atoms with Gasteiger partial charge in [0.15, 0.2) is 0 Å². The molecule has 2 N–H and O–H groups in total. The highest BCUT2D eigenvalue weighted by molar-refractivity contribution is 5.93. The summed E-state index contributed by atoms with van der Waals surface area (Å²) in [5.41, 5.74) is 4.35. The van der Waals surface area contributed by atoms with E-state index in [1.807, 2.05) is 54.5 Å². The molecule has 0 bridgehead atoms. The van der Waals surface area contributed by atoms with Crippen molar-refractivity contribution in [2.75, 3.05) is 6.54 Å². The van der Waals surface area contributed by atoms with Crippen molar-refractivity contribution < 1.29 is 4.79 Å². The number of carbonyl (C=O) groups is 1. The molecular weight excluding hydrogens is 304 g/mol. The minimum Gasteiger partial charge on any atom is -0.351 e. The summed E-state index contributed by atoms with van der Waals surface area (Å²) in [6, 6.07) is 7.73. The van der Waals surface area contributed by atoms with Crippen molar-refractivity contribution >= 4 is 5.91 Å². The van der Waals surface area contributed by atoms with Gasteiger partial charge in [0.25, 0.3) is 5.91 Å². The lowest BCUT2D eigenvalue weighted by molar-refractivity contribution is 0.0947. The van der Waals surface area contributed by atoms with Crippen LogP contribution in [0, 0.1) is 13.8 Å². The fourth-order valence-corrected chi connectivity index (χ4v) is 2.72. The van der Waals surface area contributed by atoms with Crippen LogP contribution in [0.2, 0.25) is 0 Å². The van der Waals surface area contributed by atoms with E-state index in [9.17, 15) is 4.79 Å². The van der Waals surface area contributed by atoms with E-state index in [0.29, 0.717) is 12.2 Å². The molecule has 0 aliphatic heterocycles. The Morgan fingerprint density at radius 2 is 2.17 bits per heavy atom. The predicted octanol–water partition coefficient (Wildman–Crippen LogP) is 2.05. The third kappa shape index (κ3) is 3.40. The number of carbonyl (C=O) groups excluding carboxylic acids is 1. The van der Waals surface area contributed by atoms with E-state index in [-0.39, 0.29) is 5.91 Å². The van der Waals surface area contributed by atoms with Crippen molar-refractivity contribution in [1.82, 2.24) is 29.9 Å². The van der Waals surface area contributed by atoms with Crippen LogP contribution in [0.3, 0.4) is 0 Å². The quantitative estimate of drug-likeness (QED) is 0.680. The van der Waals surface area contributed by atoms with Gasteiger partial charge < -0.3 is 9.88 Å². The normalized spacial score (nSPS) is 11.0. The topological polar surface area (TPSA) is 80.5 Å². The first-order valence-electron chi connectivity index (χ1n) is 8.01. The molecule has 0 aromatic carbocycles. The highest BCUT2D eigenvalue weighted by atomic mass is 16.1. The summed E-state index contributed by atoms with van der Waals surface area (Å²) in [4.78, 5) is 12.2. The molecule has 0 fully saturated rings. The number of aromatic amines is 1. The zero-order valence-electron chi connectivity index (χ0n) is 14.2. The van der Waals surface area contributed by atoms with Crippen LogP contribution in [0.25, 0.3) is 11.4 Å². The number of hydrogen-bond donors (Lipinski definition) is 2. The van der Waals surface area contributed by atoms with Gasteiger partial charge in [-0.2, -0.15) is 10.2 Å². The molecule has 7 heteroatoms. The largest absolute Gasteiger partial charge is 0.351 e. The van der Waals surface area contributed by atoms with Gasteiger partial charge >= 0.3 is 0 Å². The Hall–Kier alpha value is -2.83. The molecule has 3 aromatic heterocycles. The summed E-state index contributed by atoms with van der Waals surface area (Å²) in [7, 11) is 1.95. The van der Waals surface area contributed by atoms with E-state index in [4.69, 9.17) is 0 Å². The summed E-state index contributed by atoms with van der Waals surface area (Å²) < 4.78 is 3.93. The van der Waals surface area contributed by atoms with Crippen LogP contribution in [0.5, 0.6) is 0 Å². The molecule has 0 atom stereocenters. The van der Waals surface area contributed by atoms with Crippen molar-refractivity contribution in [3.8, 4) is 11.4 Å². The van der Waals surface area contributed by atoms with E-state index >= 15 is 0 Å². The fourth-order valence-electron chi connectivity index (χ4n) is 2.72. The lowest BCUT2D eigenvalue weighted by atomic mass is 10.2. The molecular formula is C17H22N6O.